The minimum Gasteiger partial charge on any atom is -0.381 e. The molecule has 0 aromatic heterocycles. The maximum Gasteiger partial charge on any atom is 0.240 e. The molecule has 0 radical (unpaired) electrons. The number of benzene rings is 1. The molecule has 0 bridgehead atoms. The Kier molecular flexibility index (Phi) is 5.72. The first-order valence-corrected chi connectivity index (χ1v) is 8.00. The van der Waals surface area contributed by atoms with E-state index >= 15 is 0 Å². The number of halogens is 1. The van der Waals surface area contributed by atoms with Crippen LogP contribution in [0.1, 0.15) is 12.8 Å². The molecular formula is C14H19ClN2O2S. The first-order chi connectivity index (χ1) is 9.60. The average Bonchev–Trinajstić information content (AvgIpc) is 2.46. The summed E-state index contributed by atoms with van der Waals surface area (Å²) in [7, 11) is 0. The fourth-order valence-electron chi connectivity index (χ4n) is 2.00. The molecule has 1 heterocycles. The van der Waals surface area contributed by atoms with Gasteiger partial charge in [0.1, 0.15) is 0 Å². The van der Waals surface area contributed by atoms with Crippen molar-refractivity contribution in [3.63, 3.8) is 0 Å². The molecule has 110 valence electrons. The van der Waals surface area contributed by atoms with Gasteiger partial charge in [-0.3, -0.25) is 4.79 Å². The number of nitrogens with one attached hydrogen (secondary N) is 1. The Morgan fingerprint density at radius 1 is 1.35 bits per heavy atom. The maximum absolute atomic E-state index is 12.1. The van der Waals surface area contributed by atoms with Crippen LogP contribution >= 0.6 is 23.4 Å². The van der Waals surface area contributed by atoms with Crippen LogP contribution < -0.4 is 11.1 Å². The summed E-state index contributed by atoms with van der Waals surface area (Å²) >= 11 is 7.50. The van der Waals surface area contributed by atoms with Gasteiger partial charge in [0.25, 0.3) is 0 Å². The molecule has 2 rings (SSSR count). The first-order valence-electron chi connectivity index (χ1n) is 6.63. The highest BCUT2D eigenvalue weighted by atomic mass is 35.5. The molecule has 3 N–H and O–H groups in total. The molecule has 1 aromatic carbocycles. The van der Waals surface area contributed by atoms with Crippen molar-refractivity contribution in [3.8, 4) is 0 Å². The third-order valence-electron chi connectivity index (χ3n) is 3.31. The molecule has 6 heteroatoms. The van der Waals surface area contributed by atoms with Crippen LogP contribution in [0.5, 0.6) is 0 Å². The largest absolute Gasteiger partial charge is 0.381 e. The van der Waals surface area contributed by atoms with Crippen LogP contribution in [-0.2, 0) is 9.53 Å². The minimum atomic E-state index is -0.761. The molecule has 0 atom stereocenters. The van der Waals surface area contributed by atoms with Crippen LogP contribution in [0.25, 0.3) is 0 Å². The average molecular weight is 315 g/mol. The smallest absolute Gasteiger partial charge is 0.240 e. The molecule has 1 saturated heterocycles. The van der Waals surface area contributed by atoms with E-state index in [0.717, 1.165) is 15.7 Å². The van der Waals surface area contributed by atoms with Crippen molar-refractivity contribution in [3.05, 3.63) is 29.3 Å². The van der Waals surface area contributed by atoms with E-state index in [9.17, 15) is 4.79 Å². The zero-order valence-electron chi connectivity index (χ0n) is 11.2. The SMILES string of the molecule is NC1(C(=O)NCCSc2ccc(Cl)cc2)CCOCC1. The Hall–Kier alpha value is -0.750. The maximum atomic E-state index is 12.1. The van der Waals surface area contributed by atoms with E-state index in [1.165, 1.54) is 0 Å². The second-order valence-corrected chi connectivity index (χ2v) is 6.43. The Balaban J connectivity index is 1.70. The monoisotopic (exact) mass is 314 g/mol. The fraction of sp³-hybridized carbons (Fsp3) is 0.500. The van der Waals surface area contributed by atoms with Gasteiger partial charge in [0.15, 0.2) is 0 Å². The molecule has 0 aliphatic carbocycles. The van der Waals surface area contributed by atoms with Crippen molar-refractivity contribution in [2.75, 3.05) is 25.5 Å². The van der Waals surface area contributed by atoms with Gasteiger partial charge in [-0.05, 0) is 37.1 Å². The Bertz CT molecular complexity index is 447. The van der Waals surface area contributed by atoms with Gasteiger partial charge in [0.05, 0.1) is 5.54 Å². The van der Waals surface area contributed by atoms with Crippen molar-refractivity contribution in [2.24, 2.45) is 5.73 Å². The number of carbonyl (C=O) groups is 1. The summed E-state index contributed by atoms with van der Waals surface area (Å²) in [5.74, 6) is 0.734. The number of thioether (sulfide) groups is 1. The molecular weight excluding hydrogens is 296 g/mol. The van der Waals surface area contributed by atoms with Crippen molar-refractivity contribution in [1.29, 1.82) is 0 Å². The molecule has 0 unspecified atom stereocenters. The van der Waals surface area contributed by atoms with E-state index in [2.05, 4.69) is 5.32 Å². The zero-order chi connectivity index (χ0) is 14.4. The van der Waals surface area contributed by atoms with Gasteiger partial charge in [0.2, 0.25) is 5.91 Å². The van der Waals surface area contributed by atoms with Crippen LogP contribution in [0.3, 0.4) is 0 Å². The fourth-order valence-corrected chi connectivity index (χ4v) is 2.90. The minimum absolute atomic E-state index is 0.0718. The van der Waals surface area contributed by atoms with Crippen LogP contribution in [0.2, 0.25) is 5.02 Å². The summed E-state index contributed by atoms with van der Waals surface area (Å²) in [6, 6.07) is 7.66. The Morgan fingerprint density at radius 2 is 2.00 bits per heavy atom. The van der Waals surface area contributed by atoms with E-state index in [1.807, 2.05) is 24.3 Å². The second kappa shape index (κ2) is 7.31. The summed E-state index contributed by atoms with van der Waals surface area (Å²) in [6.45, 7) is 1.72. The van der Waals surface area contributed by atoms with Gasteiger partial charge in [-0.2, -0.15) is 0 Å². The lowest BCUT2D eigenvalue weighted by Crippen LogP contribution is -2.57. The zero-order valence-corrected chi connectivity index (χ0v) is 12.8. The lowest BCUT2D eigenvalue weighted by atomic mass is 9.90. The van der Waals surface area contributed by atoms with Crippen molar-refractivity contribution >= 4 is 29.3 Å². The number of amides is 1. The molecule has 20 heavy (non-hydrogen) atoms. The van der Waals surface area contributed by atoms with E-state index in [4.69, 9.17) is 22.1 Å². The highest BCUT2D eigenvalue weighted by molar-refractivity contribution is 7.99. The predicted molar refractivity (Wildman–Crippen MR) is 82.2 cm³/mol. The molecule has 1 aliphatic rings. The standard InChI is InChI=1S/C14H19ClN2O2S/c15-11-1-3-12(4-2-11)20-10-7-17-13(18)14(16)5-8-19-9-6-14/h1-4H,5-10,16H2,(H,17,18). The number of hydrogen-bond donors (Lipinski definition) is 2. The lowest BCUT2D eigenvalue weighted by Gasteiger charge is -2.31. The van der Waals surface area contributed by atoms with E-state index in [0.29, 0.717) is 32.6 Å². The predicted octanol–water partition coefficient (Wildman–Crippen LogP) is 2.06. The summed E-state index contributed by atoms with van der Waals surface area (Å²) in [5, 5.41) is 3.64. The molecule has 1 fully saturated rings. The van der Waals surface area contributed by atoms with Crippen LogP contribution in [0.15, 0.2) is 29.2 Å². The van der Waals surface area contributed by atoms with Crippen molar-refractivity contribution in [1.82, 2.24) is 5.32 Å². The van der Waals surface area contributed by atoms with E-state index < -0.39 is 5.54 Å². The highest BCUT2D eigenvalue weighted by Crippen LogP contribution is 2.20. The molecule has 1 aromatic rings. The van der Waals surface area contributed by atoms with Gasteiger partial charge >= 0.3 is 0 Å². The van der Waals surface area contributed by atoms with E-state index in [1.54, 1.807) is 11.8 Å². The molecule has 1 amide bonds. The van der Waals surface area contributed by atoms with Gasteiger partial charge in [-0.15, -0.1) is 11.8 Å². The normalized spacial score (nSPS) is 17.7. The van der Waals surface area contributed by atoms with Gasteiger partial charge in [0, 0.05) is 35.4 Å². The van der Waals surface area contributed by atoms with Crippen LogP contribution in [-0.4, -0.2) is 37.0 Å². The molecule has 0 spiro atoms. The Labute approximate surface area is 128 Å². The Morgan fingerprint density at radius 3 is 2.65 bits per heavy atom. The molecule has 0 saturated carbocycles. The third-order valence-corrected chi connectivity index (χ3v) is 4.57. The summed E-state index contributed by atoms with van der Waals surface area (Å²) in [5.41, 5.74) is 5.34. The highest BCUT2D eigenvalue weighted by Gasteiger charge is 2.35. The summed E-state index contributed by atoms with van der Waals surface area (Å²) < 4.78 is 5.23. The van der Waals surface area contributed by atoms with Crippen molar-refractivity contribution in [2.45, 2.75) is 23.3 Å². The van der Waals surface area contributed by atoms with Gasteiger partial charge in [-0.1, -0.05) is 11.6 Å². The quantitative estimate of drug-likeness (QED) is 0.645. The van der Waals surface area contributed by atoms with E-state index in [-0.39, 0.29) is 5.91 Å². The topological polar surface area (TPSA) is 64.4 Å². The third kappa shape index (κ3) is 4.38. The number of hydrogen-bond acceptors (Lipinski definition) is 4. The van der Waals surface area contributed by atoms with Gasteiger partial charge < -0.3 is 15.8 Å². The molecule has 1 aliphatic heterocycles. The van der Waals surface area contributed by atoms with Crippen molar-refractivity contribution < 1.29 is 9.53 Å². The van der Waals surface area contributed by atoms with Gasteiger partial charge in [-0.25, -0.2) is 0 Å². The summed E-state index contributed by atoms with van der Waals surface area (Å²) in [4.78, 5) is 13.2. The second-order valence-electron chi connectivity index (χ2n) is 4.83. The number of rotatable bonds is 5. The number of carbonyl (C=O) groups excluding carboxylic acids is 1. The summed E-state index contributed by atoms with van der Waals surface area (Å²) in [6.07, 6.45) is 1.17. The number of nitrogens with two attached hydrogens (primary N) is 1. The van der Waals surface area contributed by atoms with Crippen LogP contribution in [0, 0.1) is 0 Å². The first kappa shape index (κ1) is 15.6. The number of ether oxygens (including phenoxy) is 1. The lowest BCUT2D eigenvalue weighted by molar-refractivity contribution is -0.129. The van der Waals surface area contributed by atoms with Crippen LogP contribution in [0.4, 0.5) is 0 Å². The molecule has 4 nitrogen and oxygen atoms in total.